The van der Waals surface area contributed by atoms with E-state index in [0.717, 1.165) is 34.4 Å². The van der Waals surface area contributed by atoms with Gasteiger partial charge < -0.3 is 20.8 Å². The Morgan fingerprint density at radius 2 is 1.45 bits per heavy atom. The van der Waals surface area contributed by atoms with Crippen molar-refractivity contribution >= 4 is 5.69 Å². The summed E-state index contributed by atoms with van der Waals surface area (Å²) in [6, 6.07) is 21.9. The first-order valence-electron chi connectivity index (χ1n) is 11.4. The van der Waals surface area contributed by atoms with E-state index in [0.29, 0.717) is 18.8 Å². The third kappa shape index (κ3) is 5.47. The van der Waals surface area contributed by atoms with Crippen LogP contribution in [0, 0.1) is 0 Å². The first kappa shape index (κ1) is 22.7. The molecule has 0 heterocycles. The van der Waals surface area contributed by atoms with Crippen LogP contribution in [0.25, 0.3) is 0 Å². The molecule has 0 spiro atoms. The van der Waals surface area contributed by atoms with Gasteiger partial charge in [0.15, 0.2) is 0 Å². The number of hydrogen-bond donors (Lipinski definition) is 4. The van der Waals surface area contributed by atoms with Gasteiger partial charge in [-0.25, -0.2) is 0 Å². The Balaban J connectivity index is 1.53. The van der Waals surface area contributed by atoms with E-state index in [1.165, 1.54) is 0 Å². The molecule has 1 aliphatic rings. The van der Waals surface area contributed by atoms with E-state index in [2.05, 4.69) is 60.9 Å². The molecule has 0 aliphatic heterocycles. The molecule has 33 heavy (non-hydrogen) atoms. The van der Waals surface area contributed by atoms with Gasteiger partial charge in [-0.15, -0.1) is 0 Å². The van der Waals surface area contributed by atoms with Crippen molar-refractivity contribution in [3.63, 3.8) is 0 Å². The lowest BCUT2D eigenvalue weighted by atomic mass is 9.77. The van der Waals surface area contributed by atoms with Gasteiger partial charge in [-0.2, -0.15) is 0 Å². The Kier molecular flexibility index (Phi) is 6.85. The van der Waals surface area contributed by atoms with Gasteiger partial charge in [0, 0.05) is 41.4 Å². The molecular formula is C29H32N2O2. The van der Waals surface area contributed by atoms with E-state index in [-0.39, 0.29) is 17.2 Å². The Morgan fingerprint density at radius 3 is 2.06 bits per heavy atom. The van der Waals surface area contributed by atoms with Crippen molar-refractivity contribution < 1.29 is 10.2 Å². The van der Waals surface area contributed by atoms with Crippen molar-refractivity contribution in [3.8, 4) is 11.5 Å². The predicted octanol–water partition coefficient (Wildman–Crippen LogP) is 6.01. The summed E-state index contributed by atoms with van der Waals surface area (Å²) in [5.41, 5.74) is 4.67. The van der Waals surface area contributed by atoms with Crippen LogP contribution in [0.4, 0.5) is 5.69 Å². The molecule has 0 bridgehead atoms. The van der Waals surface area contributed by atoms with Gasteiger partial charge in [-0.05, 0) is 53.9 Å². The van der Waals surface area contributed by atoms with E-state index in [9.17, 15) is 10.2 Å². The van der Waals surface area contributed by atoms with E-state index in [4.69, 9.17) is 0 Å². The van der Waals surface area contributed by atoms with Crippen molar-refractivity contribution in [1.29, 1.82) is 0 Å². The molecule has 3 aromatic rings. The summed E-state index contributed by atoms with van der Waals surface area (Å²) in [5.74, 6) is 0.582. The quantitative estimate of drug-likeness (QED) is 0.346. The maximum atomic E-state index is 10.4. The minimum atomic E-state index is -0.300. The van der Waals surface area contributed by atoms with Crippen LogP contribution in [-0.2, 0) is 18.5 Å². The van der Waals surface area contributed by atoms with Crippen molar-refractivity contribution in [2.24, 2.45) is 0 Å². The highest BCUT2D eigenvalue weighted by Gasteiger charge is 2.25. The fraction of sp³-hybridized carbons (Fsp3) is 0.241. The molecule has 170 valence electrons. The van der Waals surface area contributed by atoms with Crippen LogP contribution < -0.4 is 10.6 Å². The van der Waals surface area contributed by atoms with Crippen LogP contribution in [-0.4, -0.2) is 16.3 Å². The second-order valence-electron chi connectivity index (χ2n) is 9.07. The lowest BCUT2D eigenvalue weighted by Crippen LogP contribution is -2.27. The maximum absolute atomic E-state index is 10.4. The number of phenolic OH excluding ortho intramolecular Hbond substituents is 2. The van der Waals surface area contributed by atoms with Crippen LogP contribution in [0.5, 0.6) is 11.5 Å². The maximum Gasteiger partial charge on any atom is 0.120 e. The first-order valence-corrected chi connectivity index (χ1v) is 11.4. The summed E-state index contributed by atoms with van der Waals surface area (Å²) in [4.78, 5) is 0. The van der Waals surface area contributed by atoms with Gasteiger partial charge >= 0.3 is 0 Å². The molecule has 1 aliphatic carbocycles. The van der Waals surface area contributed by atoms with E-state index >= 15 is 0 Å². The molecule has 4 heteroatoms. The number of hydrogen-bond acceptors (Lipinski definition) is 4. The SMILES string of the molecule is CC(C)(c1ccc(O)c(CNc2ccccc2)c1)c1ccc(O)c(CNC2C=CC=CC2)c1. The second kappa shape index (κ2) is 9.97. The number of nitrogens with one attached hydrogen (secondary N) is 2. The number of aromatic hydroxyl groups is 2. The number of rotatable bonds is 8. The predicted molar refractivity (Wildman–Crippen MR) is 136 cm³/mol. The van der Waals surface area contributed by atoms with E-state index in [1.807, 2.05) is 42.5 Å². The summed E-state index contributed by atoms with van der Waals surface area (Å²) in [6.45, 7) is 5.48. The summed E-state index contributed by atoms with van der Waals surface area (Å²) < 4.78 is 0. The molecule has 3 aromatic carbocycles. The average Bonchev–Trinajstić information content (AvgIpc) is 2.84. The summed E-state index contributed by atoms with van der Waals surface area (Å²) in [5, 5.41) is 27.8. The van der Waals surface area contributed by atoms with Crippen LogP contribution >= 0.6 is 0 Å². The molecular weight excluding hydrogens is 408 g/mol. The number of para-hydroxylation sites is 1. The Bertz CT molecular complexity index is 1150. The number of phenols is 2. The molecule has 0 saturated carbocycles. The monoisotopic (exact) mass is 440 g/mol. The summed E-state index contributed by atoms with van der Waals surface area (Å²) >= 11 is 0. The molecule has 1 atom stereocenters. The lowest BCUT2D eigenvalue weighted by molar-refractivity contribution is 0.460. The molecule has 4 nitrogen and oxygen atoms in total. The Morgan fingerprint density at radius 1 is 0.818 bits per heavy atom. The fourth-order valence-corrected chi connectivity index (χ4v) is 4.12. The van der Waals surface area contributed by atoms with Crippen molar-refractivity contribution in [3.05, 3.63) is 113 Å². The molecule has 0 amide bonds. The molecule has 0 saturated heterocycles. The van der Waals surface area contributed by atoms with Crippen molar-refractivity contribution in [2.75, 3.05) is 5.32 Å². The zero-order valence-electron chi connectivity index (χ0n) is 19.3. The summed E-state index contributed by atoms with van der Waals surface area (Å²) in [7, 11) is 0. The standard InChI is InChI=1S/C29H32N2O2/c1-29(2,23-13-15-27(32)21(17-23)19-30-25-9-5-3-6-10-25)24-14-16-28(33)22(18-24)20-31-26-11-7-4-8-12-26/h3-11,13-18,26,30-33H,12,19-20H2,1-2H3. The number of allylic oxidation sites excluding steroid dienone is 2. The largest absolute Gasteiger partial charge is 0.508 e. The van der Waals surface area contributed by atoms with Gasteiger partial charge in [0.2, 0.25) is 0 Å². The minimum Gasteiger partial charge on any atom is -0.508 e. The zero-order chi connectivity index (χ0) is 23.3. The van der Waals surface area contributed by atoms with Gasteiger partial charge in [-0.3, -0.25) is 0 Å². The fourth-order valence-electron chi connectivity index (χ4n) is 4.12. The third-order valence-corrected chi connectivity index (χ3v) is 6.39. The minimum absolute atomic E-state index is 0.280. The van der Waals surface area contributed by atoms with Gasteiger partial charge in [0.05, 0.1) is 0 Å². The second-order valence-corrected chi connectivity index (χ2v) is 9.07. The number of anilines is 1. The van der Waals surface area contributed by atoms with Crippen LogP contribution in [0.1, 0.15) is 42.5 Å². The topological polar surface area (TPSA) is 64.5 Å². The smallest absolute Gasteiger partial charge is 0.120 e. The number of benzene rings is 3. The van der Waals surface area contributed by atoms with E-state index in [1.54, 1.807) is 12.1 Å². The van der Waals surface area contributed by atoms with Gasteiger partial charge in [-0.1, -0.05) is 68.5 Å². The lowest BCUT2D eigenvalue weighted by Gasteiger charge is -2.28. The highest BCUT2D eigenvalue weighted by Crippen LogP contribution is 2.36. The normalized spacial score (nSPS) is 15.5. The van der Waals surface area contributed by atoms with Crippen LogP contribution in [0.2, 0.25) is 0 Å². The van der Waals surface area contributed by atoms with Crippen LogP contribution in [0.15, 0.2) is 91.0 Å². The molecule has 4 N–H and O–H groups in total. The van der Waals surface area contributed by atoms with Crippen molar-refractivity contribution in [1.82, 2.24) is 5.32 Å². The first-order chi connectivity index (χ1) is 15.9. The third-order valence-electron chi connectivity index (χ3n) is 6.39. The van der Waals surface area contributed by atoms with Gasteiger partial charge in [0.1, 0.15) is 11.5 Å². The zero-order valence-corrected chi connectivity index (χ0v) is 19.3. The van der Waals surface area contributed by atoms with Gasteiger partial charge in [0.25, 0.3) is 0 Å². The molecule has 1 unspecified atom stereocenters. The highest BCUT2D eigenvalue weighted by molar-refractivity contribution is 5.49. The molecule has 4 rings (SSSR count). The van der Waals surface area contributed by atoms with Crippen molar-refractivity contribution in [2.45, 2.75) is 44.8 Å². The Hall–Kier alpha value is -3.50. The van der Waals surface area contributed by atoms with Crippen LogP contribution in [0.3, 0.4) is 0 Å². The molecule has 0 fully saturated rings. The molecule has 0 aromatic heterocycles. The Labute approximate surface area is 196 Å². The average molecular weight is 441 g/mol. The van der Waals surface area contributed by atoms with E-state index < -0.39 is 0 Å². The molecule has 0 radical (unpaired) electrons. The summed E-state index contributed by atoms with van der Waals surface area (Å²) in [6.07, 6.45) is 9.35. The highest BCUT2D eigenvalue weighted by atomic mass is 16.3.